The Morgan fingerprint density at radius 3 is 2.71 bits per heavy atom. The van der Waals surface area contributed by atoms with Crippen LogP contribution in [0.25, 0.3) is 0 Å². The number of nitrogens with zero attached hydrogens (tertiary/aromatic N) is 3. The number of hydrogen-bond acceptors (Lipinski definition) is 2. The molecule has 1 aromatic heterocycles. The molecule has 0 N–H and O–H groups in total. The summed E-state index contributed by atoms with van der Waals surface area (Å²) < 4.78 is 15.0. The highest BCUT2D eigenvalue weighted by molar-refractivity contribution is 5.85. The van der Waals surface area contributed by atoms with Crippen LogP contribution in [0.1, 0.15) is 31.5 Å². The maximum absolute atomic E-state index is 13.0. The first-order valence-electron chi connectivity index (χ1n) is 7.10. The molecule has 21 heavy (non-hydrogen) atoms. The molecule has 0 radical (unpaired) electrons. The van der Waals surface area contributed by atoms with E-state index in [2.05, 4.69) is 4.98 Å². The standard InChI is InChI=1S/C16H18FN3O/c1-3-16(2)15(21)19(10-14-8-18-11-20(14)16)9-12-4-6-13(17)7-5-12/h4-8,11H,3,9-10H2,1-2H3. The van der Waals surface area contributed by atoms with Crippen LogP contribution in [-0.4, -0.2) is 20.4 Å². The van der Waals surface area contributed by atoms with Gasteiger partial charge in [-0.3, -0.25) is 4.79 Å². The summed E-state index contributed by atoms with van der Waals surface area (Å²) in [6.07, 6.45) is 4.24. The second-order valence-electron chi connectivity index (χ2n) is 5.67. The fourth-order valence-corrected chi connectivity index (χ4v) is 2.85. The molecule has 1 aliphatic rings. The lowest BCUT2D eigenvalue weighted by Crippen LogP contribution is -2.52. The van der Waals surface area contributed by atoms with E-state index in [1.54, 1.807) is 24.7 Å². The zero-order chi connectivity index (χ0) is 15.0. The number of carbonyl (C=O) groups is 1. The Hall–Kier alpha value is -2.17. The topological polar surface area (TPSA) is 38.1 Å². The van der Waals surface area contributed by atoms with E-state index in [0.29, 0.717) is 19.5 Å². The average Bonchev–Trinajstić information content (AvgIpc) is 2.96. The SMILES string of the molecule is CCC1(C)C(=O)N(Cc2ccc(F)cc2)Cc2cncn21. The quantitative estimate of drug-likeness (QED) is 0.870. The molecule has 5 heteroatoms. The van der Waals surface area contributed by atoms with Gasteiger partial charge in [0.05, 0.1) is 18.6 Å². The van der Waals surface area contributed by atoms with Crippen molar-refractivity contribution in [3.63, 3.8) is 0 Å². The highest BCUT2D eigenvalue weighted by Crippen LogP contribution is 2.31. The number of carbonyl (C=O) groups excluding carboxylic acids is 1. The average molecular weight is 287 g/mol. The fraction of sp³-hybridized carbons (Fsp3) is 0.375. The van der Waals surface area contributed by atoms with Crippen LogP contribution in [0.2, 0.25) is 0 Å². The van der Waals surface area contributed by atoms with Crippen LogP contribution >= 0.6 is 0 Å². The zero-order valence-electron chi connectivity index (χ0n) is 12.2. The van der Waals surface area contributed by atoms with Crippen molar-refractivity contribution in [3.05, 3.63) is 53.9 Å². The summed E-state index contributed by atoms with van der Waals surface area (Å²) in [6.45, 7) is 4.96. The van der Waals surface area contributed by atoms with Gasteiger partial charge in [-0.15, -0.1) is 0 Å². The molecule has 1 aliphatic heterocycles. The third kappa shape index (κ3) is 2.22. The van der Waals surface area contributed by atoms with Crippen LogP contribution in [0.15, 0.2) is 36.8 Å². The molecule has 0 saturated carbocycles. The number of imidazole rings is 1. The second-order valence-corrected chi connectivity index (χ2v) is 5.67. The number of halogens is 1. The van der Waals surface area contributed by atoms with Crippen molar-refractivity contribution in [2.45, 2.75) is 38.9 Å². The Balaban J connectivity index is 1.91. The first-order valence-corrected chi connectivity index (χ1v) is 7.10. The van der Waals surface area contributed by atoms with Crippen molar-refractivity contribution in [2.24, 2.45) is 0 Å². The Morgan fingerprint density at radius 1 is 1.33 bits per heavy atom. The highest BCUT2D eigenvalue weighted by atomic mass is 19.1. The summed E-state index contributed by atoms with van der Waals surface area (Å²) in [4.78, 5) is 18.8. The first-order chi connectivity index (χ1) is 10.0. The van der Waals surface area contributed by atoms with Crippen molar-refractivity contribution in [1.29, 1.82) is 0 Å². The van der Waals surface area contributed by atoms with Crippen LogP contribution < -0.4 is 0 Å². The van der Waals surface area contributed by atoms with Crippen molar-refractivity contribution >= 4 is 5.91 Å². The van der Waals surface area contributed by atoms with Gasteiger partial charge in [-0.25, -0.2) is 9.37 Å². The lowest BCUT2D eigenvalue weighted by molar-refractivity contribution is -0.144. The van der Waals surface area contributed by atoms with Gasteiger partial charge in [0.2, 0.25) is 5.91 Å². The predicted octanol–water partition coefficient (Wildman–Crippen LogP) is 2.69. The minimum Gasteiger partial charge on any atom is -0.330 e. The number of benzene rings is 1. The normalized spacial score (nSPS) is 21.5. The van der Waals surface area contributed by atoms with Gasteiger partial charge >= 0.3 is 0 Å². The van der Waals surface area contributed by atoms with Gasteiger partial charge in [0.15, 0.2) is 0 Å². The van der Waals surface area contributed by atoms with E-state index >= 15 is 0 Å². The summed E-state index contributed by atoms with van der Waals surface area (Å²) >= 11 is 0. The van der Waals surface area contributed by atoms with Gasteiger partial charge in [0.25, 0.3) is 0 Å². The molecule has 1 atom stereocenters. The number of amides is 1. The van der Waals surface area contributed by atoms with E-state index in [-0.39, 0.29) is 11.7 Å². The van der Waals surface area contributed by atoms with Gasteiger partial charge in [0, 0.05) is 12.7 Å². The summed E-state index contributed by atoms with van der Waals surface area (Å²) in [5.74, 6) is -0.181. The summed E-state index contributed by atoms with van der Waals surface area (Å²) in [5, 5.41) is 0. The minimum absolute atomic E-state index is 0.0832. The van der Waals surface area contributed by atoms with Crippen molar-refractivity contribution < 1.29 is 9.18 Å². The van der Waals surface area contributed by atoms with E-state index in [9.17, 15) is 9.18 Å². The molecule has 0 spiro atoms. The largest absolute Gasteiger partial charge is 0.330 e. The fourth-order valence-electron chi connectivity index (χ4n) is 2.85. The molecule has 1 amide bonds. The molecule has 2 aromatic rings. The monoisotopic (exact) mass is 287 g/mol. The van der Waals surface area contributed by atoms with Crippen LogP contribution in [0.4, 0.5) is 4.39 Å². The van der Waals surface area contributed by atoms with Crippen LogP contribution in [0.5, 0.6) is 0 Å². The molecule has 1 aromatic carbocycles. The molecular formula is C16H18FN3O. The van der Waals surface area contributed by atoms with Crippen LogP contribution in [0, 0.1) is 5.82 Å². The minimum atomic E-state index is -0.593. The molecule has 0 fully saturated rings. The third-order valence-corrected chi connectivity index (χ3v) is 4.32. The third-order valence-electron chi connectivity index (χ3n) is 4.32. The van der Waals surface area contributed by atoms with Gasteiger partial charge in [-0.2, -0.15) is 0 Å². The van der Waals surface area contributed by atoms with E-state index in [0.717, 1.165) is 11.3 Å². The van der Waals surface area contributed by atoms with E-state index < -0.39 is 5.54 Å². The van der Waals surface area contributed by atoms with Crippen molar-refractivity contribution in [1.82, 2.24) is 14.5 Å². The number of hydrogen-bond donors (Lipinski definition) is 0. The van der Waals surface area contributed by atoms with Crippen molar-refractivity contribution in [2.75, 3.05) is 0 Å². The van der Waals surface area contributed by atoms with E-state index in [1.165, 1.54) is 12.1 Å². The molecule has 4 nitrogen and oxygen atoms in total. The maximum atomic E-state index is 13.0. The second kappa shape index (κ2) is 4.98. The van der Waals surface area contributed by atoms with Gasteiger partial charge in [-0.1, -0.05) is 19.1 Å². The highest BCUT2D eigenvalue weighted by Gasteiger charge is 2.41. The van der Waals surface area contributed by atoms with E-state index in [1.807, 2.05) is 23.3 Å². The van der Waals surface area contributed by atoms with Gasteiger partial charge in [0.1, 0.15) is 11.4 Å². The summed E-state index contributed by atoms with van der Waals surface area (Å²) in [7, 11) is 0. The number of fused-ring (bicyclic) bond motifs is 1. The van der Waals surface area contributed by atoms with Crippen LogP contribution in [-0.2, 0) is 23.4 Å². The Bertz CT molecular complexity index is 664. The molecular weight excluding hydrogens is 269 g/mol. The Morgan fingerprint density at radius 2 is 2.05 bits per heavy atom. The molecule has 2 heterocycles. The predicted molar refractivity (Wildman–Crippen MR) is 76.8 cm³/mol. The van der Waals surface area contributed by atoms with E-state index in [4.69, 9.17) is 0 Å². The summed E-state index contributed by atoms with van der Waals surface area (Å²) in [6, 6.07) is 6.29. The number of aromatic nitrogens is 2. The molecule has 3 rings (SSSR count). The molecule has 0 saturated heterocycles. The first kappa shape index (κ1) is 13.8. The molecule has 1 unspecified atom stereocenters. The molecule has 0 bridgehead atoms. The smallest absolute Gasteiger partial charge is 0.249 e. The van der Waals surface area contributed by atoms with Crippen LogP contribution in [0.3, 0.4) is 0 Å². The summed E-state index contributed by atoms with van der Waals surface area (Å²) in [5.41, 5.74) is 1.36. The van der Waals surface area contributed by atoms with Gasteiger partial charge < -0.3 is 9.47 Å². The Kier molecular flexibility index (Phi) is 3.27. The lowest BCUT2D eigenvalue weighted by Gasteiger charge is -2.40. The zero-order valence-corrected chi connectivity index (χ0v) is 12.2. The molecule has 0 aliphatic carbocycles. The molecule has 110 valence electrons. The maximum Gasteiger partial charge on any atom is 0.249 e. The van der Waals surface area contributed by atoms with Gasteiger partial charge in [-0.05, 0) is 31.0 Å². The lowest BCUT2D eigenvalue weighted by atomic mass is 9.93. The Labute approximate surface area is 123 Å². The number of rotatable bonds is 3. The van der Waals surface area contributed by atoms with Crippen molar-refractivity contribution in [3.8, 4) is 0 Å².